The molecular formula is C17H26N4. The minimum Gasteiger partial charge on any atom is -0.312 e. The van der Waals surface area contributed by atoms with E-state index in [1.807, 2.05) is 12.3 Å². The molecule has 0 N–H and O–H groups in total. The van der Waals surface area contributed by atoms with E-state index in [0.717, 1.165) is 30.0 Å². The minimum atomic E-state index is 0.623. The summed E-state index contributed by atoms with van der Waals surface area (Å²) in [5, 5.41) is 0. The first-order valence-corrected chi connectivity index (χ1v) is 8.12. The lowest BCUT2D eigenvalue weighted by Gasteiger charge is -2.29. The number of aromatic nitrogens is 3. The molecule has 4 nitrogen and oxygen atoms in total. The van der Waals surface area contributed by atoms with E-state index in [0.29, 0.717) is 5.92 Å². The molecule has 3 rings (SSSR count). The Morgan fingerprint density at radius 2 is 2.05 bits per heavy atom. The number of fused-ring (bicyclic) bond motifs is 1. The zero-order valence-corrected chi connectivity index (χ0v) is 13.4. The third kappa shape index (κ3) is 3.26. The number of hydrogen-bond acceptors (Lipinski definition) is 3. The highest BCUT2D eigenvalue weighted by Gasteiger charge is 2.20. The highest BCUT2D eigenvalue weighted by molar-refractivity contribution is 5.71. The lowest BCUT2D eigenvalue weighted by molar-refractivity contribution is 0.205. The zero-order valence-electron chi connectivity index (χ0n) is 13.4. The van der Waals surface area contributed by atoms with Crippen LogP contribution in [0.15, 0.2) is 18.3 Å². The van der Waals surface area contributed by atoms with Crippen LogP contribution in [-0.4, -0.2) is 39.6 Å². The number of imidazole rings is 1. The number of likely N-dealkylation sites (tertiary alicyclic amines) is 1. The number of rotatable bonds is 4. The van der Waals surface area contributed by atoms with E-state index in [-0.39, 0.29) is 0 Å². The Morgan fingerprint density at radius 1 is 1.29 bits per heavy atom. The molecule has 21 heavy (non-hydrogen) atoms. The molecule has 3 heterocycles. The quantitative estimate of drug-likeness (QED) is 0.866. The van der Waals surface area contributed by atoms with Crippen molar-refractivity contribution < 1.29 is 0 Å². The van der Waals surface area contributed by atoms with Crippen LogP contribution in [0.25, 0.3) is 11.2 Å². The first-order chi connectivity index (χ1) is 10.1. The topological polar surface area (TPSA) is 34.0 Å². The molecule has 1 fully saturated rings. The molecule has 0 unspecified atom stereocenters. The van der Waals surface area contributed by atoms with Gasteiger partial charge in [0.25, 0.3) is 0 Å². The van der Waals surface area contributed by atoms with E-state index in [4.69, 9.17) is 4.98 Å². The molecule has 4 heteroatoms. The van der Waals surface area contributed by atoms with Crippen LogP contribution in [0, 0.1) is 11.8 Å². The largest absolute Gasteiger partial charge is 0.312 e. The summed E-state index contributed by atoms with van der Waals surface area (Å²) in [6.45, 7) is 8.01. The first kappa shape index (κ1) is 14.5. The third-order valence-corrected chi connectivity index (χ3v) is 4.45. The molecule has 0 aromatic carbocycles. The molecule has 0 atom stereocenters. The van der Waals surface area contributed by atoms with Gasteiger partial charge in [0.2, 0.25) is 0 Å². The van der Waals surface area contributed by atoms with Crippen molar-refractivity contribution in [1.82, 2.24) is 19.4 Å². The van der Waals surface area contributed by atoms with E-state index >= 15 is 0 Å². The first-order valence-electron chi connectivity index (χ1n) is 8.12. The monoisotopic (exact) mass is 286 g/mol. The maximum Gasteiger partial charge on any atom is 0.159 e. The maximum atomic E-state index is 4.82. The van der Waals surface area contributed by atoms with Gasteiger partial charge in [0.1, 0.15) is 11.3 Å². The second kappa shape index (κ2) is 6.14. The molecule has 114 valence electrons. The summed E-state index contributed by atoms with van der Waals surface area (Å²) in [7, 11) is 2.22. The van der Waals surface area contributed by atoms with Gasteiger partial charge in [0.05, 0.1) is 0 Å². The number of pyridine rings is 1. The average molecular weight is 286 g/mol. The molecule has 0 saturated carbocycles. The highest BCUT2D eigenvalue weighted by atomic mass is 15.1. The summed E-state index contributed by atoms with van der Waals surface area (Å²) in [5.41, 5.74) is 2.10. The van der Waals surface area contributed by atoms with Gasteiger partial charge in [0, 0.05) is 19.2 Å². The van der Waals surface area contributed by atoms with Crippen molar-refractivity contribution in [2.24, 2.45) is 11.8 Å². The van der Waals surface area contributed by atoms with Gasteiger partial charge in [-0.05, 0) is 56.9 Å². The Hall–Kier alpha value is -1.42. The molecule has 0 radical (unpaired) electrons. The Kier molecular flexibility index (Phi) is 4.24. The summed E-state index contributed by atoms with van der Waals surface area (Å²) >= 11 is 0. The molecule has 2 aromatic heterocycles. The van der Waals surface area contributed by atoms with E-state index in [1.54, 1.807) is 0 Å². The molecule has 1 aliphatic heterocycles. The minimum absolute atomic E-state index is 0.623. The summed E-state index contributed by atoms with van der Waals surface area (Å²) in [4.78, 5) is 11.8. The predicted octanol–water partition coefficient (Wildman–Crippen LogP) is 2.97. The summed E-state index contributed by atoms with van der Waals surface area (Å²) in [6.07, 6.45) is 5.48. The van der Waals surface area contributed by atoms with E-state index in [1.165, 1.54) is 31.8 Å². The van der Waals surface area contributed by atoms with Gasteiger partial charge >= 0.3 is 0 Å². The smallest absolute Gasteiger partial charge is 0.159 e. The van der Waals surface area contributed by atoms with Crippen molar-refractivity contribution >= 4 is 11.2 Å². The lowest BCUT2D eigenvalue weighted by atomic mass is 9.97. The fourth-order valence-corrected chi connectivity index (χ4v) is 3.22. The van der Waals surface area contributed by atoms with E-state index < -0.39 is 0 Å². The van der Waals surface area contributed by atoms with Crippen LogP contribution in [0.2, 0.25) is 0 Å². The number of piperidine rings is 1. The van der Waals surface area contributed by atoms with Crippen LogP contribution < -0.4 is 0 Å². The van der Waals surface area contributed by atoms with Crippen LogP contribution in [0.3, 0.4) is 0 Å². The van der Waals surface area contributed by atoms with E-state index in [9.17, 15) is 0 Å². The number of hydrogen-bond donors (Lipinski definition) is 0. The van der Waals surface area contributed by atoms with Gasteiger partial charge in [-0.2, -0.15) is 0 Å². The van der Waals surface area contributed by atoms with Crippen molar-refractivity contribution in [3.63, 3.8) is 0 Å². The fourth-order valence-electron chi connectivity index (χ4n) is 3.22. The molecule has 0 spiro atoms. The van der Waals surface area contributed by atoms with Gasteiger partial charge in [-0.25, -0.2) is 9.97 Å². The second-order valence-electron chi connectivity index (χ2n) is 6.83. The van der Waals surface area contributed by atoms with Crippen molar-refractivity contribution in [2.45, 2.75) is 39.7 Å². The highest BCUT2D eigenvalue weighted by Crippen LogP contribution is 2.23. The van der Waals surface area contributed by atoms with Crippen LogP contribution in [-0.2, 0) is 13.0 Å². The second-order valence-corrected chi connectivity index (χ2v) is 6.83. The summed E-state index contributed by atoms with van der Waals surface area (Å²) in [6, 6.07) is 4.06. The van der Waals surface area contributed by atoms with Crippen LogP contribution in [0.5, 0.6) is 0 Å². The van der Waals surface area contributed by atoms with Gasteiger partial charge in [-0.3, -0.25) is 0 Å². The molecular weight excluding hydrogens is 260 g/mol. The van der Waals surface area contributed by atoms with Crippen LogP contribution in [0.4, 0.5) is 0 Å². The Bertz CT molecular complexity index is 594. The normalized spacial score (nSPS) is 17.9. The Morgan fingerprint density at radius 3 is 2.76 bits per heavy atom. The standard InChI is InChI=1S/C17H26N4/c1-13(2)11-16-19-15-5-4-8-18-17(15)21(16)12-14-6-9-20(3)10-7-14/h4-5,8,13-14H,6-7,9-12H2,1-3H3. The van der Waals surface area contributed by atoms with Crippen LogP contribution >= 0.6 is 0 Å². The predicted molar refractivity (Wildman–Crippen MR) is 86.3 cm³/mol. The molecule has 1 aliphatic rings. The SMILES string of the molecule is CC(C)Cc1nc2cccnc2n1CC1CCN(C)CC1. The molecule has 0 aliphatic carbocycles. The third-order valence-electron chi connectivity index (χ3n) is 4.45. The lowest BCUT2D eigenvalue weighted by Crippen LogP contribution is -2.32. The van der Waals surface area contributed by atoms with Gasteiger partial charge in [0.15, 0.2) is 5.65 Å². The number of nitrogens with zero attached hydrogens (tertiary/aromatic N) is 4. The van der Waals surface area contributed by atoms with Gasteiger partial charge < -0.3 is 9.47 Å². The van der Waals surface area contributed by atoms with Gasteiger partial charge in [-0.15, -0.1) is 0 Å². The molecule has 1 saturated heterocycles. The Labute approximate surface area is 127 Å². The van der Waals surface area contributed by atoms with Crippen molar-refractivity contribution in [1.29, 1.82) is 0 Å². The maximum absolute atomic E-state index is 4.82. The van der Waals surface area contributed by atoms with Gasteiger partial charge in [-0.1, -0.05) is 13.8 Å². The van der Waals surface area contributed by atoms with Crippen molar-refractivity contribution in [2.75, 3.05) is 20.1 Å². The molecule has 0 amide bonds. The zero-order chi connectivity index (χ0) is 14.8. The summed E-state index contributed by atoms with van der Waals surface area (Å²) < 4.78 is 2.38. The fraction of sp³-hybridized carbons (Fsp3) is 0.647. The summed E-state index contributed by atoms with van der Waals surface area (Å²) in [5.74, 6) is 2.59. The molecule has 0 bridgehead atoms. The van der Waals surface area contributed by atoms with Crippen LogP contribution in [0.1, 0.15) is 32.5 Å². The van der Waals surface area contributed by atoms with Crippen molar-refractivity contribution in [3.8, 4) is 0 Å². The average Bonchev–Trinajstić information content (AvgIpc) is 2.78. The van der Waals surface area contributed by atoms with E-state index in [2.05, 4.69) is 41.4 Å². The van der Waals surface area contributed by atoms with Crippen molar-refractivity contribution in [3.05, 3.63) is 24.2 Å². The molecule has 2 aromatic rings. The Balaban J connectivity index is 1.87.